The molecule has 1 N–H and O–H groups in total. The third kappa shape index (κ3) is 4.08. The van der Waals surface area contributed by atoms with Crippen molar-refractivity contribution in [1.29, 1.82) is 0 Å². The molecule has 7 nitrogen and oxygen atoms in total. The first-order valence-corrected chi connectivity index (χ1v) is 10.3. The molecule has 2 fully saturated rings. The summed E-state index contributed by atoms with van der Waals surface area (Å²) in [7, 11) is 1.64. The fraction of sp³-hybridized carbons (Fsp3) is 0.545. The molecule has 2 aromatic rings. The van der Waals surface area contributed by atoms with E-state index in [1.165, 1.54) is 22.9 Å². The number of carbonyl (C=O) groups is 1. The van der Waals surface area contributed by atoms with Gasteiger partial charge in [0.2, 0.25) is 11.9 Å². The average Bonchev–Trinajstić information content (AvgIpc) is 3.11. The summed E-state index contributed by atoms with van der Waals surface area (Å²) < 4.78 is 15.5. The summed E-state index contributed by atoms with van der Waals surface area (Å²) in [6, 6.07) is 2.84. The van der Waals surface area contributed by atoms with Crippen molar-refractivity contribution in [3.63, 3.8) is 0 Å². The Labute approximate surface area is 175 Å². The van der Waals surface area contributed by atoms with Gasteiger partial charge in [-0.25, -0.2) is 9.37 Å². The van der Waals surface area contributed by atoms with Gasteiger partial charge in [0, 0.05) is 50.9 Å². The summed E-state index contributed by atoms with van der Waals surface area (Å²) in [6.07, 6.45) is 3.15. The van der Waals surface area contributed by atoms with E-state index in [9.17, 15) is 14.0 Å². The molecule has 0 spiro atoms. The SMILES string of the molecule is Cn1c(NCC2C3CN(C(=O)CC(C)(C)C)CC23)nc(-c2ccncc2F)cc1=O. The van der Waals surface area contributed by atoms with E-state index in [4.69, 9.17) is 0 Å². The zero-order chi connectivity index (χ0) is 21.6. The molecular formula is C22H28FN5O2. The van der Waals surface area contributed by atoms with Gasteiger partial charge < -0.3 is 10.2 Å². The lowest BCUT2D eigenvalue weighted by Gasteiger charge is -2.25. The highest BCUT2D eigenvalue weighted by Crippen LogP contribution is 2.51. The second kappa shape index (κ2) is 7.49. The molecule has 3 heterocycles. The Kier molecular flexibility index (Phi) is 5.11. The topological polar surface area (TPSA) is 80.1 Å². The monoisotopic (exact) mass is 413 g/mol. The summed E-state index contributed by atoms with van der Waals surface area (Å²) >= 11 is 0. The highest BCUT2D eigenvalue weighted by atomic mass is 19.1. The molecule has 2 atom stereocenters. The smallest absolute Gasteiger partial charge is 0.255 e. The Bertz CT molecular complexity index is 1020. The number of aromatic nitrogens is 3. The van der Waals surface area contributed by atoms with Gasteiger partial charge in [-0.15, -0.1) is 0 Å². The fourth-order valence-corrected chi connectivity index (χ4v) is 4.35. The molecule has 0 bridgehead atoms. The number of hydrogen-bond acceptors (Lipinski definition) is 5. The predicted molar refractivity (Wildman–Crippen MR) is 112 cm³/mol. The number of nitrogens with zero attached hydrogens (tertiary/aromatic N) is 4. The molecule has 8 heteroatoms. The Hall–Kier alpha value is -2.77. The second-order valence-corrected chi connectivity index (χ2v) is 9.63. The maximum absolute atomic E-state index is 14.1. The van der Waals surface area contributed by atoms with Gasteiger partial charge >= 0.3 is 0 Å². The summed E-state index contributed by atoms with van der Waals surface area (Å²) in [5, 5.41) is 3.27. The van der Waals surface area contributed by atoms with E-state index in [2.05, 4.69) is 36.1 Å². The number of likely N-dealkylation sites (tertiary alicyclic amines) is 1. The van der Waals surface area contributed by atoms with Crippen molar-refractivity contribution in [2.75, 3.05) is 25.0 Å². The van der Waals surface area contributed by atoms with Crippen molar-refractivity contribution in [1.82, 2.24) is 19.4 Å². The van der Waals surface area contributed by atoms with Crippen LogP contribution < -0.4 is 10.9 Å². The van der Waals surface area contributed by atoms with Crippen LogP contribution in [-0.4, -0.2) is 45.0 Å². The van der Waals surface area contributed by atoms with Crippen LogP contribution in [0.1, 0.15) is 27.2 Å². The minimum absolute atomic E-state index is 0.000580. The van der Waals surface area contributed by atoms with E-state index >= 15 is 0 Å². The number of fused-ring (bicyclic) bond motifs is 1. The molecule has 1 amide bonds. The molecular weight excluding hydrogens is 385 g/mol. The molecule has 0 aromatic carbocycles. The minimum atomic E-state index is -0.513. The van der Waals surface area contributed by atoms with Gasteiger partial charge in [-0.05, 0) is 29.2 Å². The second-order valence-electron chi connectivity index (χ2n) is 9.63. The third-order valence-electron chi connectivity index (χ3n) is 6.08. The Morgan fingerprint density at radius 3 is 2.63 bits per heavy atom. The van der Waals surface area contributed by atoms with Crippen LogP contribution in [0.15, 0.2) is 29.3 Å². The number of anilines is 1. The van der Waals surface area contributed by atoms with Gasteiger partial charge in [0.05, 0.1) is 11.9 Å². The highest BCUT2D eigenvalue weighted by Gasteiger charge is 2.56. The lowest BCUT2D eigenvalue weighted by atomic mass is 9.91. The molecule has 1 aliphatic heterocycles. The Morgan fingerprint density at radius 1 is 1.30 bits per heavy atom. The van der Waals surface area contributed by atoms with Crippen molar-refractivity contribution in [3.8, 4) is 11.3 Å². The molecule has 2 aliphatic rings. The number of halogens is 1. The maximum Gasteiger partial charge on any atom is 0.255 e. The number of rotatable bonds is 5. The van der Waals surface area contributed by atoms with Crippen molar-refractivity contribution in [2.24, 2.45) is 30.2 Å². The standard InChI is InChI=1S/C22H28FN5O2/c1-22(2,3)8-20(30)28-11-15-14(16(15)12-28)9-25-21-26-18(7-19(29)27(21)4)13-5-6-24-10-17(13)23/h5-7,10,14-16H,8-9,11-12H2,1-4H3,(H,25,26). The molecule has 2 aromatic heterocycles. The lowest BCUT2D eigenvalue weighted by Crippen LogP contribution is -2.34. The number of piperidine rings is 1. The molecule has 30 heavy (non-hydrogen) atoms. The zero-order valence-corrected chi connectivity index (χ0v) is 17.9. The summed E-state index contributed by atoms with van der Waals surface area (Å²) in [5.41, 5.74) is 0.284. The normalized spacial score (nSPS) is 22.7. The van der Waals surface area contributed by atoms with Crippen molar-refractivity contribution in [3.05, 3.63) is 40.7 Å². The Balaban J connectivity index is 1.39. The summed E-state index contributed by atoms with van der Waals surface area (Å²) in [4.78, 5) is 34.9. The largest absolute Gasteiger partial charge is 0.355 e. The van der Waals surface area contributed by atoms with Crippen molar-refractivity contribution < 1.29 is 9.18 Å². The summed E-state index contributed by atoms with van der Waals surface area (Å²) in [6.45, 7) is 8.53. The molecule has 1 saturated carbocycles. The lowest BCUT2D eigenvalue weighted by molar-refractivity contribution is -0.132. The Morgan fingerprint density at radius 2 is 2.00 bits per heavy atom. The molecule has 2 unspecified atom stereocenters. The quantitative estimate of drug-likeness (QED) is 0.815. The maximum atomic E-state index is 14.1. The first-order valence-electron chi connectivity index (χ1n) is 10.3. The van der Waals surface area contributed by atoms with E-state index in [0.29, 0.717) is 36.7 Å². The molecule has 4 rings (SSSR count). The van der Waals surface area contributed by atoms with Crippen LogP contribution in [0.3, 0.4) is 0 Å². The van der Waals surface area contributed by atoms with E-state index in [0.717, 1.165) is 19.3 Å². The van der Waals surface area contributed by atoms with Crippen LogP contribution >= 0.6 is 0 Å². The van der Waals surface area contributed by atoms with Crippen LogP contribution in [-0.2, 0) is 11.8 Å². The van der Waals surface area contributed by atoms with Crippen LogP contribution in [0.25, 0.3) is 11.3 Å². The fourth-order valence-electron chi connectivity index (χ4n) is 4.35. The molecule has 1 aliphatic carbocycles. The highest BCUT2D eigenvalue weighted by molar-refractivity contribution is 5.77. The van der Waals surface area contributed by atoms with E-state index in [1.807, 2.05) is 4.90 Å². The van der Waals surface area contributed by atoms with Gasteiger partial charge in [-0.1, -0.05) is 20.8 Å². The molecule has 1 saturated heterocycles. The van der Waals surface area contributed by atoms with Crippen LogP contribution in [0.4, 0.5) is 10.3 Å². The number of nitrogens with one attached hydrogen (secondary N) is 1. The number of carbonyl (C=O) groups excluding carboxylic acids is 1. The van der Waals surface area contributed by atoms with E-state index in [-0.39, 0.29) is 28.1 Å². The van der Waals surface area contributed by atoms with E-state index < -0.39 is 5.82 Å². The first-order chi connectivity index (χ1) is 14.1. The molecule has 0 radical (unpaired) electrons. The number of hydrogen-bond donors (Lipinski definition) is 1. The van der Waals surface area contributed by atoms with Gasteiger partial charge in [0.15, 0.2) is 5.82 Å². The van der Waals surface area contributed by atoms with Gasteiger partial charge in [0.1, 0.15) is 0 Å². The third-order valence-corrected chi connectivity index (χ3v) is 6.08. The van der Waals surface area contributed by atoms with E-state index in [1.54, 1.807) is 7.05 Å². The minimum Gasteiger partial charge on any atom is -0.355 e. The van der Waals surface area contributed by atoms with Crippen molar-refractivity contribution >= 4 is 11.9 Å². The van der Waals surface area contributed by atoms with Crippen molar-refractivity contribution in [2.45, 2.75) is 27.2 Å². The van der Waals surface area contributed by atoms with Gasteiger partial charge in [-0.3, -0.25) is 19.1 Å². The number of amides is 1. The van der Waals surface area contributed by atoms with Crippen LogP contribution in [0.5, 0.6) is 0 Å². The van der Waals surface area contributed by atoms with Crippen LogP contribution in [0.2, 0.25) is 0 Å². The zero-order valence-electron chi connectivity index (χ0n) is 17.9. The first kappa shape index (κ1) is 20.5. The molecule has 160 valence electrons. The summed E-state index contributed by atoms with van der Waals surface area (Å²) in [5.74, 6) is 1.60. The van der Waals surface area contributed by atoms with Gasteiger partial charge in [-0.2, -0.15) is 0 Å². The number of pyridine rings is 1. The van der Waals surface area contributed by atoms with Crippen LogP contribution in [0, 0.1) is 29.0 Å². The average molecular weight is 413 g/mol. The van der Waals surface area contributed by atoms with Gasteiger partial charge in [0.25, 0.3) is 5.56 Å². The predicted octanol–water partition coefficient (Wildman–Crippen LogP) is 2.53.